The lowest BCUT2D eigenvalue weighted by Gasteiger charge is -2.20. The summed E-state index contributed by atoms with van der Waals surface area (Å²) in [5.41, 5.74) is 1.20. The van der Waals surface area contributed by atoms with Crippen LogP contribution in [-0.4, -0.2) is 23.6 Å². The average molecular weight is 257 g/mol. The quantitative estimate of drug-likeness (QED) is 0.834. The van der Waals surface area contributed by atoms with Gasteiger partial charge in [-0.1, -0.05) is 30.7 Å². The molecule has 0 amide bonds. The molecule has 0 unspecified atom stereocenters. The zero-order valence-corrected chi connectivity index (χ0v) is 11.2. The molecule has 0 aliphatic carbocycles. The van der Waals surface area contributed by atoms with E-state index in [1.165, 1.54) is 5.56 Å². The smallest absolute Gasteiger partial charge is 0.168 e. The second-order valence-electron chi connectivity index (χ2n) is 3.71. The van der Waals surface area contributed by atoms with E-state index >= 15 is 0 Å². The molecule has 0 spiro atoms. The molecule has 1 aromatic carbocycles. The van der Waals surface area contributed by atoms with Crippen LogP contribution in [0.4, 0.5) is 0 Å². The Morgan fingerprint density at radius 3 is 2.56 bits per heavy atom. The van der Waals surface area contributed by atoms with Crippen LogP contribution in [0.3, 0.4) is 0 Å². The fourth-order valence-corrected chi connectivity index (χ4v) is 1.59. The Morgan fingerprint density at radius 2 is 2.00 bits per heavy atom. The van der Waals surface area contributed by atoms with Gasteiger partial charge >= 0.3 is 0 Å². The van der Waals surface area contributed by atoms with E-state index in [1.807, 2.05) is 36.2 Å². The highest BCUT2D eigenvalue weighted by Crippen LogP contribution is 2.10. The fraction of sp³-hybridized carbons (Fsp3) is 0.417. The van der Waals surface area contributed by atoms with Crippen LogP contribution in [0.25, 0.3) is 0 Å². The van der Waals surface area contributed by atoms with Gasteiger partial charge in [0.05, 0.1) is 0 Å². The molecule has 4 heteroatoms. The third-order valence-corrected chi connectivity index (χ3v) is 2.91. The maximum Gasteiger partial charge on any atom is 0.168 e. The number of halogens is 1. The van der Waals surface area contributed by atoms with Crippen molar-refractivity contribution in [1.29, 1.82) is 0 Å². The highest BCUT2D eigenvalue weighted by atomic mass is 35.5. The second-order valence-corrected chi connectivity index (χ2v) is 4.54. The summed E-state index contributed by atoms with van der Waals surface area (Å²) in [6.07, 6.45) is 1.08. The summed E-state index contributed by atoms with van der Waals surface area (Å²) in [6, 6.07) is 7.82. The number of hydrogen-bond donors (Lipinski definition) is 1. The molecular formula is C12H17ClN2S. The lowest BCUT2D eigenvalue weighted by atomic mass is 10.2. The van der Waals surface area contributed by atoms with Gasteiger partial charge in [-0.2, -0.15) is 0 Å². The Balaban J connectivity index is 2.47. The van der Waals surface area contributed by atoms with Crippen LogP contribution >= 0.6 is 23.8 Å². The molecule has 1 aromatic rings. The van der Waals surface area contributed by atoms with E-state index in [0.717, 1.165) is 29.6 Å². The van der Waals surface area contributed by atoms with Gasteiger partial charge < -0.3 is 10.2 Å². The van der Waals surface area contributed by atoms with Crippen molar-refractivity contribution < 1.29 is 0 Å². The maximum atomic E-state index is 5.83. The molecule has 0 bridgehead atoms. The average Bonchev–Trinajstić information content (AvgIpc) is 2.29. The number of nitrogens with zero attached hydrogens (tertiary/aromatic N) is 1. The molecule has 0 saturated carbocycles. The lowest BCUT2D eigenvalue weighted by molar-refractivity contribution is 0.489. The summed E-state index contributed by atoms with van der Waals surface area (Å²) in [5, 5.41) is 4.75. The SMILES string of the molecule is CCCNC(=S)N(C)Cc1ccc(Cl)cc1. The van der Waals surface area contributed by atoms with Crippen molar-refractivity contribution in [3.63, 3.8) is 0 Å². The van der Waals surface area contributed by atoms with Crippen molar-refractivity contribution >= 4 is 28.9 Å². The molecule has 16 heavy (non-hydrogen) atoms. The minimum Gasteiger partial charge on any atom is -0.363 e. The van der Waals surface area contributed by atoms with E-state index in [0.29, 0.717) is 0 Å². The standard InChI is InChI=1S/C12H17ClN2S/c1-3-8-14-12(16)15(2)9-10-4-6-11(13)7-5-10/h4-7H,3,8-9H2,1-2H3,(H,14,16). The van der Waals surface area contributed by atoms with Gasteiger partial charge in [0, 0.05) is 25.2 Å². The molecular weight excluding hydrogens is 240 g/mol. The van der Waals surface area contributed by atoms with E-state index in [1.54, 1.807) is 0 Å². The van der Waals surface area contributed by atoms with Crippen LogP contribution in [0.1, 0.15) is 18.9 Å². The van der Waals surface area contributed by atoms with Crippen molar-refractivity contribution in [2.75, 3.05) is 13.6 Å². The molecule has 0 aromatic heterocycles. The summed E-state index contributed by atoms with van der Waals surface area (Å²) in [4.78, 5) is 2.02. The van der Waals surface area contributed by atoms with Gasteiger partial charge in [-0.3, -0.25) is 0 Å². The van der Waals surface area contributed by atoms with Crippen LogP contribution in [0.2, 0.25) is 5.02 Å². The summed E-state index contributed by atoms with van der Waals surface area (Å²) < 4.78 is 0. The van der Waals surface area contributed by atoms with Crippen molar-refractivity contribution in [2.24, 2.45) is 0 Å². The highest BCUT2D eigenvalue weighted by Gasteiger charge is 2.03. The largest absolute Gasteiger partial charge is 0.363 e. The first-order valence-corrected chi connectivity index (χ1v) is 6.15. The van der Waals surface area contributed by atoms with Gasteiger partial charge in [-0.25, -0.2) is 0 Å². The van der Waals surface area contributed by atoms with Gasteiger partial charge in [0.2, 0.25) is 0 Å². The lowest BCUT2D eigenvalue weighted by Crippen LogP contribution is -2.36. The van der Waals surface area contributed by atoms with Crippen LogP contribution in [0.15, 0.2) is 24.3 Å². The molecule has 1 rings (SSSR count). The summed E-state index contributed by atoms with van der Waals surface area (Å²) in [7, 11) is 1.99. The van der Waals surface area contributed by atoms with Gasteiger partial charge in [-0.05, 0) is 36.3 Å². The van der Waals surface area contributed by atoms with Crippen LogP contribution in [-0.2, 0) is 6.54 Å². The van der Waals surface area contributed by atoms with Crippen molar-refractivity contribution in [1.82, 2.24) is 10.2 Å². The first-order valence-electron chi connectivity index (χ1n) is 5.37. The van der Waals surface area contributed by atoms with Crippen LogP contribution in [0, 0.1) is 0 Å². The highest BCUT2D eigenvalue weighted by molar-refractivity contribution is 7.80. The van der Waals surface area contributed by atoms with E-state index in [9.17, 15) is 0 Å². The summed E-state index contributed by atoms with van der Waals surface area (Å²) in [5.74, 6) is 0. The van der Waals surface area contributed by atoms with Crippen LogP contribution in [0.5, 0.6) is 0 Å². The molecule has 88 valence electrons. The molecule has 1 N–H and O–H groups in total. The normalized spacial score (nSPS) is 9.94. The molecule has 2 nitrogen and oxygen atoms in total. The van der Waals surface area contributed by atoms with E-state index in [4.69, 9.17) is 23.8 Å². The zero-order chi connectivity index (χ0) is 12.0. The minimum atomic E-state index is 0.762. The maximum absolute atomic E-state index is 5.83. The third-order valence-electron chi connectivity index (χ3n) is 2.21. The van der Waals surface area contributed by atoms with Gasteiger partial charge in [0.15, 0.2) is 5.11 Å². The number of hydrogen-bond acceptors (Lipinski definition) is 1. The molecule has 0 saturated heterocycles. The molecule has 0 heterocycles. The summed E-state index contributed by atoms with van der Waals surface area (Å²) >= 11 is 11.1. The molecule has 0 aliphatic heterocycles. The summed E-state index contributed by atoms with van der Waals surface area (Å²) in [6.45, 7) is 3.84. The Morgan fingerprint density at radius 1 is 1.38 bits per heavy atom. The Labute approximate surface area is 108 Å². The van der Waals surface area contributed by atoms with E-state index < -0.39 is 0 Å². The Hall–Kier alpha value is -0.800. The van der Waals surface area contributed by atoms with Crippen molar-refractivity contribution in [3.8, 4) is 0 Å². The van der Waals surface area contributed by atoms with Crippen molar-refractivity contribution in [3.05, 3.63) is 34.9 Å². The molecule has 0 fully saturated rings. The number of benzene rings is 1. The topological polar surface area (TPSA) is 15.3 Å². The number of nitrogens with one attached hydrogen (secondary N) is 1. The van der Waals surface area contributed by atoms with Crippen molar-refractivity contribution in [2.45, 2.75) is 19.9 Å². The number of thiocarbonyl (C=S) groups is 1. The Bertz CT molecular complexity index is 337. The predicted octanol–water partition coefficient (Wildman–Crippen LogP) is 3.06. The van der Waals surface area contributed by atoms with Gasteiger partial charge in [0.1, 0.15) is 0 Å². The Kier molecular flexibility index (Phi) is 5.56. The third kappa shape index (κ3) is 4.37. The minimum absolute atomic E-state index is 0.762. The van der Waals surface area contributed by atoms with Crippen LogP contribution < -0.4 is 5.32 Å². The molecule has 0 atom stereocenters. The predicted molar refractivity (Wildman–Crippen MR) is 73.8 cm³/mol. The first-order chi connectivity index (χ1) is 7.63. The number of rotatable bonds is 4. The van der Waals surface area contributed by atoms with E-state index in [-0.39, 0.29) is 0 Å². The van der Waals surface area contributed by atoms with Gasteiger partial charge in [0.25, 0.3) is 0 Å². The molecule has 0 aliphatic rings. The molecule has 0 radical (unpaired) electrons. The fourth-order valence-electron chi connectivity index (χ4n) is 1.30. The van der Waals surface area contributed by atoms with E-state index in [2.05, 4.69) is 12.2 Å². The second kappa shape index (κ2) is 6.71. The zero-order valence-electron chi connectivity index (χ0n) is 9.66. The van der Waals surface area contributed by atoms with Gasteiger partial charge in [-0.15, -0.1) is 0 Å². The first kappa shape index (κ1) is 13.3. The monoisotopic (exact) mass is 256 g/mol.